The third-order valence-corrected chi connectivity index (χ3v) is 5.37. The van der Waals surface area contributed by atoms with Crippen LogP contribution in [0.5, 0.6) is 0 Å². The highest BCUT2D eigenvalue weighted by atomic mass is 16.1. The summed E-state index contributed by atoms with van der Waals surface area (Å²) in [4.78, 5) is 12.5. The largest absolute Gasteiger partial charge is 0.299 e. The number of carbonyl (C=O) groups is 1. The second-order valence-electron chi connectivity index (χ2n) is 7.13. The molecule has 0 fully saturated rings. The molecule has 31 heavy (non-hydrogen) atoms. The molecule has 0 amide bonds. The van der Waals surface area contributed by atoms with Crippen LogP contribution in [0, 0.1) is 0 Å². The summed E-state index contributed by atoms with van der Waals surface area (Å²) < 4.78 is 3.87. The SMILES string of the molecule is CC.CCc1nnnn1-c1ccc([N+]2=CCC(=O)Cc3c2ccc2ccccc32)cc1. The number of hydrogen-bond donors (Lipinski definition) is 0. The first kappa shape index (κ1) is 20.6. The van der Waals surface area contributed by atoms with E-state index >= 15 is 0 Å². The zero-order valence-corrected chi connectivity index (χ0v) is 18.1. The highest BCUT2D eigenvalue weighted by Gasteiger charge is 2.25. The fourth-order valence-corrected chi connectivity index (χ4v) is 3.92. The normalized spacial score (nSPS) is 13.1. The minimum absolute atomic E-state index is 0.225. The molecular formula is C25H26N5O+. The van der Waals surface area contributed by atoms with Gasteiger partial charge >= 0.3 is 0 Å². The topological polar surface area (TPSA) is 63.7 Å². The van der Waals surface area contributed by atoms with Crippen molar-refractivity contribution in [3.8, 4) is 5.69 Å². The first-order chi connectivity index (χ1) is 15.2. The molecule has 1 aromatic heterocycles. The Morgan fingerprint density at radius 1 is 1.00 bits per heavy atom. The maximum absolute atomic E-state index is 12.5. The van der Waals surface area contributed by atoms with E-state index in [1.807, 2.05) is 63.4 Å². The van der Waals surface area contributed by atoms with E-state index in [0.29, 0.717) is 12.8 Å². The molecule has 0 bridgehead atoms. The van der Waals surface area contributed by atoms with Gasteiger partial charge in [0.2, 0.25) is 11.4 Å². The molecule has 1 aliphatic heterocycles. The van der Waals surface area contributed by atoms with Gasteiger partial charge in [0.05, 0.1) is 12.1 Å². The van der Waals surface area contributed by atoms with Gasteiger partial charge < -0.3 is 0 Å². The molecule has 0 spiro atoms. The van der Waals surface area contributed by atoms with Crippen LogP contribution in [0.2, 0.25) is 0 Å². The molecule has 0 radical (unpaired) electrons. The number of fused-ring (bicyclic) bond motifs is 3. The molecule has 6 nitrogen and oxygen atoms in total. The van der Waals surface area contributed by atoms with Gasteiger partial charge in [0.25, 0.3) is 0 Å². The van der Waals surface area contributed by atoms with Crippen molar-refractivity contribution in [1.82, 2.24) is 24.8 Å². The number of aromatic nitrogens is 4. The molecule has 0 aliphatic carbocycles. The fourth-order valence-electron chi connectivity index (χ4n) is 3.92. The Labute approximate surface area is 181 Å². The molecule has 1 aliphatic rings. The first-order valence-corrected chi connectivity index (χ1v) is 10.8. The van der Waals surface area contributed by atoms with E-state index in [4.69, 9.17) is 0 Å². The summed E-state index contributed by atoms with van der Waals surface area (Å²) in [6, 6.07) is 20.6. The standard InChI is InChI=1S/C23H20N5O.C2H6/c1-2-23-24-25-26-28(23)18-10-8-17(9-11-18)27-14-13-19(29)15-21-20-6-4-3-5-16(20)7-12-22(21)27;1-2/h3-12,14H,2,13,15H2,1H3;1-2H3/q+1;. The number of hydrogen-bond acceptors (Lipinski definition) is 4. The van der Waals surface area contributed by atoms with Crippen LogP contribution in [0.3, 0.4) is 0 Å². The molecule has 2 heterocycles. The molecule has 0 unspecified atom stereocenters. The smallest absolute Gasteiger partial charge is 0.215 e. The van der Waals surface area contributed by atoms with Gasteiger partial charge in [-0.3, -0.25) is 4.79 Å². The average Bonchev–Trinajstić information content (AvgIpc) is 3.24. The number of nitrogens with zero attached hydrogens (tertiary/aromatic N) is 5. The van der Waals surface area contributed by atoms with E-state index in [-0.39, 0.29) is 5.78 Å². The van der Waals surface area contributed by atoms with Crippen molar-refractivity contribution in [3.05, 3.63) is 72.1 Å². The molecule has 0 saturated carbocycles. The third-order valence-electron chi connectivity index (χ3n) is 5.37. The lowest BCUT2D eigenvalue weighted by atomic mass is 9.98. The van der Waals surface area contributed by atoms with E-state index in [1.54, 1.807) is 4.68 Å². The first-order valence-electron chi connectivity index (χ1n) is 10.8. The molecule has 5 rings (SSSR count). The highest BCUT2D eigenvalue weighted by molar-refractivity contribution is 6.02. The number of benzene rings is 3. The van der Waals surface area contributed by atoms with Crippen LogP contribution < -0.4 is 4.58 Å². The van der Waals surface area contributed by atoms with Gasteiger partial charge in [0.15, 0.2) is 12.0 Å². The Balaban J connectivity index is 0.00000112. The summed E-state index contributed by atoms with van der Waals surface area (Å²) >= 11 is 0. The molecule has 6 heteroatoms. The Morgan fingerprint density at radius 2 is 1.77 bits per heavy atom. The van der Waals surface area contributed by atoms with Crippen molar-refractivity contribution >= 4 is 34.1 Å². The lowest BCUT2D eigenvalue weighted by Crippen LogP contribution is -2.07. The van der Waals surface area contributed by atoms with E-state index in [9.17, 15) is 4.79 Å². The maximum Gasteiger partial charge on any atom is 0.215 e. The zero-order chi connectivity index (χ0) is 21.8. The molecular weight excluding hydrogens is 386 g/mol. The molecule has 4 aromatic rings. The summed E-state index contributed by atoms with van der Waals surface area (Å²) in [5.41, 5.74) is 4.06. The molecule has 3 aromatic carbocycles. The lowest BCUT2D eigenvalue weighted by Gasteiger charge is -2.09. The van der Waals surface area contributed by atoms with Gasteiger partial charge in [-0.25, -0.2) is 0 Å². The lowest BCUT2D eigenvalue weighted by molar-refractivity contribution is -0.117. The van der Waals surface area contributed by atoms with Crippen molar-refractivity contribution in [2.75, 3.05) is 0 Å². The van der Waals surface area contributed by atoms with Gasteiger partial charge in [-0.05, 0) is 39.4 Å². The van der Waals surface area contributed by atoms with Crippen molar-refractivity contribution in [2.45, 2.75) is 40.0 Å². The van der Waals surface area contributed by atoms with Crippen LogP contribution >= 0.6 is 0 Å². The van der Waals surface area contributed by atoms with Crippen LogP contribution in [-0.4, -0.2) is 32.2 Å². The summed E-state index contributed by atoms with van der Waals surface area (Å²) in [6.45, 7) is 6.03. The molecule has 0 N–H and O–H groups in total. The van der Waals surface area contributed by atoms with Crippen molar-refractivity contribution in [3.63, 3.8) is 0 Å². The summed E-state index contributed by atoms with van der Waals surface area (Å²) in [6.07, 6.45) is 3.60. The monoisotopic (exact) mass is 412 g/mol. The van der Waals surface area contributed by atoms with E-state index < -0.39 is 0 Å². The second kappa shape index (κ2) is 9.00. The number of ketones is 1. The zero-order valence-electron chi connectivity index (χ0n) is 18.1. The van der Waals surface area contributed by atoms with Gasteiger partial charge in [0.1, 0.15) is 5.78 Å². The third kappa shape index (κ3) is 3.89. The van der Waals surface area contributed by atoms with Crippen molar-refractivity contribution in [1.29, 1.82) is 0 Å². The van der Waals surface area contributed by atoms with E-state index in [0.717, 1.165) is 45.6 Å². The van der Waals surface area contributed by atoms with Crippen molar-refractivity contribution in [2.24, 2.45) is 0 Å². The number of Topliss-reactive ketones (excluding diaryl/α,β-unsaturated/α-hetero) is 1. The van der Waals surface area contributed by atoms with Gasteiger partial charge in [-0.15, -0.1) is 5.10 Å². The van der Waals surface area contributed by atoms with Crippen LogP contribution in [0.15, 0.2) is 60.7 Å². The van der Waals surface area contributed by atoms with Crippen LogP contribution in [0.25, 0.3) is 16.5 Å². The Bertz CT molecular complexity index is 1250. The van der Waals surface area contributed by atoms with Crippen LogP contribution in [0.4, 0.5) is 11.4 Å². The number of tetrazole rings is 1. The minimum Gasteiger partial charge on any atom is -0.299 e. The van der Waals surface area contributed by atoms with Crippen LogP contribution in [0.1, 0.15) is 38.6 Å². The quantitative estimate of drug-likeness (QED) is 0.452. The minimum atomic E-state index is 0.225. The van der Waals surface area contributed by atoms with Gasteiger partial charge in [-0.1, -0.05) is 45.0 Å². The maximum atomic E-state index is 12.5. The number of rotatable bonds is 3. The van der Waals surface area contributed by atoms with E-state index in [2.05, 4.69) is 44.4 Å². The summed E-state index contributed by atoms with van der Waals surface area (Å²) in [7, 11) is 0. The Hall–Kier alpha value is -3.67. The molecule has 0 atom stereocenters. The molecule has 0 saturated heterocycles. The van der Waals surface area contributed by atoms with Gasteiger partial charge in [-0.2, -0.15) is 9.26 Å². The highest BCUT2D eigenvalue weighted by Crippen LogP contribution is 2.33. The summed E-state index contributed by atoms with van der Waals surface area (Å²) in [5.74, 6) is 1.05. The predicted molar refractivity (Wildman–Crippen MR) is 125 cm³/mol. The Kier molecular flexibility index (Phi) is 5.98. The fraction of sp³-hybridized carbons (Fsp3) is 0.240. The van der Waals surface area contributed by atoms with Crippen molar-refractivity contribution < 1.29 is 4.79 Å². The summed E-state index contributed by atoms with van der Waals surface area (Å²) in [5, 5.41) is 14.2. The second-order valence-corrected chi connectivity index (χ2v) is 7.13. The number of aryl methyl sites for hydroxylation is 1. The predicted octanol–water partition coefficient (Wildman–Crippen LogP) is 4.82. The van der Waals surface area contributed by atoms with Gasteiger partial charge in [0, 0.05) is 36.6 Å². The number of carbonyl (C=O) groups excluding carboxylic acids is 1. The Morgan fingerprint density at radius 3 is 2.55 bits per heavy atom. The average molecular weight is 413 g/mol. The van der Waals surface area contributed by atoms with E-state index in [1.165, 1.54) is 0 Å². The van der Waals surface area contributed by atoms with Crippen LogP contribution in [-0.2, 0) is 17.6 Å². The molecule has 156 valence electrons.